The van der Waals surface area contributed by atoms with E-state index in [2.05, 4.69) is 0 Å². The zero-order chi connectivity index (χ0) is 22.2. The molecule has 1 saturated carbocycles. The molecule has 1 unspecified atom stereocenters. The Morgan fingerprint density at radius 1 is 1.00 bits per heavy atom. The number of ketones is 2. The summed E-state index contributed by atoms with van der Waals surface area (Å²) < 4.78 is 38.8. The summed E-state index contributed by atoms with van der Waals surface area (Å²) in [5.74, 6) is -2.65. The largest absolute Gasteiger partial charge is 0.299 e. The van der Waals surface area contributed by atoms with Crippen LogP contribution in [0.2, 0.25) is 0 Å². The SMILES string of the molecule is Cc1cc(C)c(C2C(=O)CC(C(C)CS(=O)(=O)c3cccc(F)c3)CC2=O)c(C)c1. The van der Waals surface area contributed by atoms with Crippen molar-refractivity contribution in [2.24, 2.45) is 11.8 Å². The minimum Gasteiger partial charge on any atom is -0.299 e. The van der Waals surface area contributed by atoms with Gasteiger partial charge in [0.1, 0.15) is 23.3 Å². The Balaban J connectivity index is 1.79. The van der Waals surface area contributed by atoms with Gasteiger partial charge in [-0.15, -0.1) is 0 Å². The van der Waals surface area contributed by atoms with Gasteiger partial charge in [-0.2, -0.15) is 0 Å². The number of hydrogen-bond acceptors (Lipinski definition) is 4. The average molecular weight is 431 g/mol. The number of aryl methyl sites for hydroxylation is 3. The zero-order valence-electron chi connectivity index (χ0n) is 17.7. The lowest BCUT2D eigenvalue weighted by molar-refractivity contribution is -0.134. The van der Waals surface area contributed by atoms with Crippen LogP contribution in [0.5, 0.6) is 0 Å². The maximum absolute atomic E-state index is 13.4. The zero-order valence-corrected chi connectivity index (χ0v) is 18.6. The van der Waals surface area contributed by atoms with Crippen molar-refractivity contribution in [3.8, 4) is 0 Å². The maximum Gasteiger partial charge on any atom is 0.178 e. The van der Waals surface area contributed by atoms with E-state index in [0.717, 1.165) is 28.3 Å². The molecular weight excluding hydrogens is 403 g/mol. The quantitative estimate of drug-likeness (QED) is 0.656. The molecule has 0 aliphatic heterocycles. The van der Waals surface area contributed by atoms with Gasteiger partial charge in [0.05, 0.1) is 10.6 Å². The van der Waals surface area contributed by atoms with Crippen LogP contribution in [0.15, 0.2) is 41.3 Å². The predicted octanol–water partition coefficient (Wildman–Crippen LogP) is 4.49. The first kappa shape index (κ1) is 22.3. The lowest BCUT2D eigenvalue weighted by atomic mass is 9.71. The van der Waals surface area contributed by atoms with Gasteiger partial charge in [0.2, 0.25) is 0 Å². The smallest absolute Gasteiger partial charge is 0.178 e. The number of hydrogen-bond donors (Lipinski definition) is 0. The van der Waals surface area contributed by atoms with E-state index in [1.807, 2.05) is 32.9 Å². The molecule has 0 spiro atoms. The van der Waals surface area contributed by atoms with Gasteiger partial charge in [-0.05, 0) is 67.5 Å². The number of carbonyl (C=O) groups is 2. The van der Waals surface area contributed by atoms with Crippen LogP contribution in [0.4, 0.5) is 4.39 Å². The molecule has 30 heavy (non-hydrogen) atoms. The molecule has 160 valence electrons. The van der Waals surface area contributed by atoms with Gasteiger partial charge in [0.25, 0.3) is 0 Å². The predicted molar refractivity (Wildman–Crippen MR) is 114 cm³/mol. The minimum absolute atomic E-state index is 0.0772. The van der Waals surface area contributed by atoms with E-state index in [1.165, 1.54) is 18.2 Å². The lowest BCUT2D eigenvalue weighted by Gasteiger charge is -2.31. The highest BCUT2D eigenvalue weighted by Gasteiger charge is 2.40. The summed E-state index contributed by atoms with van der Waals surface area (Å²) in [4.78, 5) is 25.9. The molecule has 1 aliphatic carbocycles. The molecule has 4 nitrogen and oxygen atoms in total. The van der Waals surface area contributed by atoms with Gasteiger partial charge in [0, 0.05) is 12.8 Å². The molecule has 1 fully saturated rings. The molecule has 2 aromatic carbocycles. The molecular formula is C24H27FO4S. The number of rotatable bonds is 5. The van der Waals surface area contributed by atoms with Crippen molar-refractivity contribution in [3.05, 3.63) is 64.5 Å². The van der Waals surface area contributed by atoms with Crippen molar-refractivity contribution in [3.63, 3.8) is 0 Å². The van der Waals surface area contributed by atoms with E-state index in [0.29, 0.717) is 0 Å². The van der Waals surface area contributed by atoms with Crippen LogP contribution in [0, 0.1) is 38.4 Å². The number of sulfone groups is 1. The van der Waals surface area contributed by atoms with Crippen molar-refractivity contribution in [1.29, 1.82) is 0 Å². The Bertz CT molecular complexity index is 1060. The second kappa shape index (κ2) is 8.42. The van der Waals surface area contributed by atoms with E-state index in [-0.39, 0.29) is 41.0 Å². The van der Waals surface area contributed by atoms with Crippen LogP contribution in [0.1, 0.15) is 47.9 Å². The Labute approximate surface area is 177 Å². The molecule has 1 aliphatic rings. The standard InChI is InChI=1S/C24H27FO4S/c1-14-8-15(2)23(16(3)9-14)24-21(26)10-18(11-22(24)27)17(4)13-30(28,29)20-7-5-6-19(25)12-20/h5-9,12,17-18,24H,10-11,13H2,1-4H3. The van der Waals surface area contributed by atoms with Crippen LogP contribution in [0.25, 0.3) is 0 Å². The summed E-state index contributed by atoms with van der Waals surface area (Å²) in [7, 11) is -3.71. The summed E-state index contributed by atoms with van der Waals surface area (Å²) >= 11 is 0. The van der Waals surface area contributed by atoms with Crippen LogP contribution < -0.4 is 0 Å². The normalized spacial score (nSPS) is 21.0. The number of halogens is 1. The summed E-state index contributed by atoms with van der Waals surface area (Å²) in [6.45, 7) is 7.54. The molecule has 0 aromatic heterocycles. The molecule has 1 atom stereocenters. The lowest BCUT2D eigenvalue weighted by Crippen LogP contribution is -2.36. The highest BCUT2D eigenvalue weighted by Crippen LogP contribution is 2.37. The van der Waals surface area contributed by atoms with Gasteiger partial charge in [-0.3, -0.25) is 9.59 Å². The van der Waals surface area contributed by atoms with Crippen molar-refractivity contribution in [2.45, 2.75) is 51.3 Å². The molecule has 3 rings (SSSR count). The Morgan fingerprint density at radius 2 is 1.57 bits per heavy atom. The Morgan fingerprint density at radius 3 is 2.10 bits per heavy atom. The van der Waals surface area contributed by atoms with E-state index >= 15 is 0 Å². The summed E-state index contributed by atoms with van der Waals surface area (Å²) in [5.41, 5.74) is 3.73. The first-order chi connectivity index (χ1) is 14.0. The van der Waals surface area contributed by atoms with E-state index in [9.17, 15) is 22.4 Å². The second-order valence-electron chi connectivity index (χ2n) is 8.56. The van der Waals surface area contributed by atoms with E-state index < -0.39 is 27.5 Å². The highest BCUT2D eigenvalue weighted by atomic mass is 32.2. The van der Waals surface area contributed by atoms with Gasteiger partial charge >= 0.3 is 0 Å². The van der Waals surface area contributed by atoms with Gasteiger partial charge in [-0.25, -0.2) is 12.8 Å². The molecule has 0 heterocycles. The van der Waals surface area contributed by atoms with Crippen molar-refractivity contribution in [1.82, 2.24) is 0 Å². The van der Waals surface area contributed by atoms with Crippen molar-refractivity contribution >= 4 is 21.4 Å². The Kier molecular flexibility index (Phi) is 6.27. The summed E-state index contributed by atoms with van der Waals surface area (Å²) in [5, 5.41) is 0. The van der Waals surface area contributed by atoms with E-state index in [1.54, 1.807) is 6.92 Å². The van der Waals surface area contributed by atoms with Gasteiger partial charge in [-0.1, -0.05) is 30.7 Å². The minimum atomic E-state index is -3.71. The third-order valence-electron chi connectivity index (χ3n) is 6.04. The third kappa shape index (κ3) is 4.53. The second-order valence-corrected chi connectivity index (χ2v) is 10.6. The van der Waals surface area contributed by atoms with Gasteiger partial charge in [0.15, 0.2) is 9.84 Å². The molecule has 0 radical (unpaired) electrons. The number of carbonyl (C=O) groups excluding carboxylic acids is 2. The summed E-state index contributed by atoms with van der Waals surface area (Å²) in [6.07, 6.45) is 0.339. The fourth-order valence-electron chi connectivity index (χ4n) is 4.61. The van der Waals surface area contributed by atoms with Gasteiger partial charge < -0.3 is 0 Å². The van der Waals surface area contributed by atoms with Crippen molar-refractivity contribution in [2.75, 3.05) is 5.75 Å². The third-order valence-corrected chi connectivity index (χ3v) is 7.98. The highest BCUT2D eigenvalue weighted by molar-refractivity contribution is 7.91. The fourth-order valence-corrected chi connectivity index (χ4v) is 6.35. The molecule has 0 saturated heterocycles. The Hall–Kier alpha value is -2.34. The first-order valence-corrected chi connectivity index (χ1v) is 11.8. The molecule has 2 aromatic rings. The molecule has 6 heteroatoms. The van der Waals surface area contributed by atoms with Crippen LogP contribution >= 0.6 is 0 Å². The summed E-state index contributed by atoms with van der Waals surface area (Å²) in [6, 6.07) is 8.86. The van der Waals surface area contributed by atoms with Crippen LogP contribution in [-0.4, -0.2) is 25.7 Å². The average Bonchev–Trinajstić information content (AvgIpc) is 2.62. The van der Waals surface area contributed by atoms with Crippen LogP contribution in [-0.2, 0) is 19.4 Å². The fraction of sp³-hybridized carbons (Fsp3) is 0.417. The van der Waals surface area contributed by atoms with Crippen LogP contribution in [0.3, 0.4) is 0 Å². The monoisotopic (exact) mass is 430 g/mol. The molecule has 0 N–H and O–H groups in total. The number of Topliss-reactive ketones (excluding diaryl/α,β-unsaturated/α-hetero) is 2. The number of benzene rings is 2. The molecule has 0 amide bonds. The first-order valence-electron chi connectivity index (χ1n) is 10.1. The molecule has 0 bridgehead atoms. The van der Waals surface area contributed by atoms with E-state index in [4.69, 9.17) is 0 Å². The maximum atomic E-state index is 13.4. The van der Waals surface area contributed by atoms with Crippen molar-refractivity contribution < 1.29 is 22.4 Å². The topological polar surface area (TPSA) is 68.3 Å².